The highest BCUT2D eigenvalue weighted by Gasteiger charge is 2.14. The second-order valence-corrected chi connectivity index (χ2v) is 6.45. The van der Waals surface area contributed by atoms with E-state index in [0.29, 0.717) is 22.3 Å². The number of carbonyl (C=O) groups excluding carboxylic acids is 2. The lowest BCUT2D eigenvalue weighted by Crippen LogP contribution is -2.07. The molecular formula is C22H18F2N2O3. The third-order valence-corrected chi connectivity index (χ3v) is 4.22. The maximum atomic E-state index is 14.3. The van der Waals surface area contributed by atoms with Crippen LogP contribution in [-0.4, -0.2) is 16.9 Å². The van der Waals surface area contributed by atoms with E-state index in [1.807, 2.05) is 0 Å². The van der Waals surface area contributed by atoms with Crippen LogP contribution in [-0.2, 0) is 9.59 Å². The largest absolute Gasteiger partial charge is 0.507 e. The van der Waals surface area contributed by atoms with Crippen molar-refractivity contribution in [3.8, 4) is 28.0 Å². The zero-order valence-electron chi connectivity index (χ0n) is 15.7. The summed E-state index contributed by atoms with van der Waals surface area (Å²) in [7, 11) is 0. The number of amides is 2. The van der Waals surface area contributed by atoms with Crippen LogP contribution in [0.3, 0.4) is 0 Å². The van der Waals surface area contributed by atoms with E-state index in [-0.39, 0.29) is 17.1 Å². The summed E-state index contributed by atoms with van der Waals surface area (Å²) in [5.41, 5.74) is 1.56. The standard InChI is InChI=1S/C22H18F2N2O3/c1-12(27)25-20-8-6-14(10-18(20)23)16-4-3-5-17(22(16)29)15-7-9-21(19(24)11-15)26-13(2)28/h3-11,29H,1-2H3,(H,25,27)(H,26,28). The van der Waals surface area contributed by atoms with E-state index in [1.54, 1.807) is 30.3 Å². The number of aromatic hydroxyl groups is 1. The minimum Gasteiger partial charge on any atom is -0.507 e. The lowest BCUT2D eigenvalue weighted by molar-refractivity contribution is -0.115. The first-order valence-corrected chi connectivity index (χ1v) is 8.73. The average molecular weight is 396 g/mol. The predicted molar refractivity (Wildman–Crippen MR) is 108 cm³/mol. The van der Waals surface area contributed by atoms with Gasteiger partial charge in [0.2, 0.25) is 11.8 Å². The summed E-state index contributed by atoms with van der Waals surface area (Å²) < 4.78 is 28.5. The van der Waals surface area contributed by atoms with Gasteiger partial charge in [-0.25, -0.2) is 8.78 Å². The molecule has 0 atom stereocenters. The maximum Gasteiger partial charge on any atom is 0.221 e. The van der Waals surface area contributed by atoms with Gasteiger partial charge in [-0.1, -0.05) is 30.3 Å². The molecule has 0 aliphatic carbocycles. The van der Waals surface area contributed by atoms with E-state index < -0.39 is 23.4 Å². The van der Waals surface area contributed by atoms with Gasteiger partial charge in [-0.05, 0) is 35.4 Å². The zero-order valence-corrected chi connectivity index (χ0v) is 15.7. The van der Waals surface area contributed by atoms with Gasteiger partial charge in [0.05, 0.1) is 11.4 Å². The highest BCUT2D eigenvalue weighted by Crippen LogP contribution is 2.39. The Morgan fingerprint density at radius 1 is 0.759 bits per heavy atom. The number of rotatable bonds is 4. The van der Waals surface area contributed by atoms with Gasteiger partial charge in [0.25, 0.3) is 0 Å². The predicted octanol–water partition coefficient (Wildman–Crippen LogP) is 4.92. The van der Waals surface area contributed by atoms with Crippen LogP contribution in [0.25, 0.3) is 22.3 Å². The van der Waals surface area contributed by atoms with Crippen LogP contribution in [0, 0.1) is 11.6 Å². The minimum atomic E-state index is -0.645. The molecule has 3 aromatic carbocycles. The molecule has 0 aromatic heterocycles. The molecule has 2 amide bonds. The Morgan fingerprint density at radius 2 is 1.17 bits per heavy atom. The topological polar surface area (TPSA) is 78.4 Å². The molecule has 0 spiro atoms. The first-order chi connectivity index (χ1) is 13.8. The summed E-state index contributed by atoms with van der Waals surface area (Å²) in [6.45, 7) is 2.55. The Kier molecular flexibility index (Phi) is 5.59. The van der Waals surface area contributed by atoms with Crippen LogP contribution < -0.4 is 10.6 Å². The van der Waals surface area contributed by atoms with E-state index in [4.69, 9.17) is 0 Å². The van der Waals surface area contributed by atoms with Crippen molar-refractivity contribution >= 4 is 23.2 Å². The fourth-order valence-electron chi connectivity index (χ4n) is 2.96. The van der Waals surface area contributed by atoms with E-state index >= 15 is 0 Å². The van der Waals surface area contributed by atoms with Crippen molar-refractivity contribution in [1.82, 2.24) is 0 Å². The number of nitrogens with one attached hydrogen (secondary N) is 2. The fourth-order valence-corrected chi connectivity index (χ4v) is 2.96. The number of anilines is 2. The normalized spacial score (nSPS) is 10.5. The van der Waals surface area contributed by atoms with Gasteiger partial charge < -0.3 is 15.7 Å². The van der Waals surface area contributed by atoms with E-state index in [1.165, 1.54) is 38.1 Å². The number of hydrogen-bond donors (Lipinski definition) is 3. The minimum absolute atomic E-state index is 0.0347. The van der Waals surface area contributed by atoms with Crippen LogP contribution >= 0.6 is 0 Å². The Morgan fingerprint density at radius 3 is 1.52 bits per heavy atom. The molecule has 3 aromatic rings. The monoisotopic (exact) mass is 396 g/mol. The summed E-state index contributed by atoms with van der Waals surface area (Å²) in [5, 5.41) is 15.5. The molecule has 0 bridgehead atoms. The SMILES string of the molecule is CC(=O)Nc1ccc(-c2cccc(-c3ccc(NC(C)=O)c(F)c3)c2O)cc1F. The molecule has 0 fully saturated rings. The fraction of sp³-hybridized carbons (Fsp3) is 0.0909. The molecule has 0 saturated carbocycles. The summed E-state index contributed by atoms with van der Waals surface area (Å²) in [5.74, 6) is -2.23. The van der Waals surface area contributed by atoms with Gasteiger partial charge >= 0.3 is 0 Å². The smallest absolute Gasteiger partial charge is 0.221 e. The summed E-state index contributed by atoms with van der Waals surface area (Å²) in [6, 6.07) is 13.2. The number of benzene rings is 3. The lowest BCUT2D eigenvalue weighted by atomic mass is 9.97. The molecule has 29 heavy (non-hydrogen) atoms. The second kappa shape index (κ2) is 8.10. The van der Waals surface area contributed by atoms with Crippen LogP contribution in [0.15, 0.2) is 54.6 Å². The second-order valence-electron chi connectivity index (χ2n) is 6.45. The van der Waals surface area contributed by atoms with Crippen LogP contribution in [0.4, 0.5) is 20.2 Å². The van der Waals surface area contributed by atoms with Crippen LogP contribution in [0.5, 0.6) is 5.75 Å². The molecule has 0 saturated heterocycles. The zero-order chi connectivity index (χ0) is 21.1. The number of phenols is 1. The summed E-state index contributed by atoms with van der Waals surface area (Å²) in [6.07, 6.45) is 0. The van der Waals surface area contributed by atoms with Gasteiger partial charge in [-0.3, -0.25) is 9.59 Å². The molecular weight excluding hydrogens is 378 g/mol. The molecule has 3 rings (SSSR count). The first kappa shape index (κ1) is 20.0. The quantitative estimate of drug-likeness (QED) is 0.586. The Balaban J connectivity index is 2.00. The first-order valence-electron chi connectivity index (χ1n) is 8.73. The molecule has 7 heteroatoms. The van der Waals surface area contributed by atoms with E-state index in [2.05, 4.69) is 10.6 Å². The van der Waals surface area contributed by atoms with Crippen molar-refractivity contribution in [2.24, 2.45) is 0 Å². The van der Waals surface area contributed by atoms with Crippen molar-refractivity contribution in [3.63, 3.8) is 0 Å². The van der Waals surface area contributed by atoms with Crippen molar-refractivity contribution in [2.75, 3.05) is 10.6 Å². The molecule has 3 N–H and O–H groups in total. The van der Waals surface area contributed by atoms with Crippen molar-refractivity contribution in [1.29, 1.82) is 0 Å². The van der Waals surface area contributed by atoms with Gasteiger partial charge in [-0.2, -0.15) is 0 Å². The molecule has 148 valence electrons. The molecule has 0 radical (unpaired) electrons. The number of carbonyl (C=O) groups is 2. The van der Waals surface area contributed by atoms with Crippen LogP contribution in [0.1, 0.15) is 13.8 Å². The van der Waals surface area contributed by atoms with Crippen LogP contribution in [0.2, 0.25) is 0 Å². The Bertz CT molecular complexity index is 1030. The molecule has 0 aliphatic heterocycles. The molecule has 0 heterocycles. The Labute approximate surface area is 166 Å². The number of para-hydroxylation sites is 1. The third kappa shape index (κ3) is 4.40. The third-order valence-electron chi connectivity index (χ3n) is 4.22. The molecule has 5 nitrogen and oxygen atoms in total. The maximum absolute atomic E-state index is 14.3. The Hall–Kier alpha value is -3.74. The van der Waals surface area contributed by atoms with Gasteiger partial charge in [0.1, 0.15) is 17.4 Å². The van der Waals surface area contributed by atoms with Gasteiger partial charge in [0, 0.05) is 25.0 Å². The highest BCUT2D eigenvalue weighted by molar-refractivity contribution is 5.90. The summed E-state index contributed by atoms with van der Waals surface area (Å²) in [4.78, 5) is 22.2. The summed E-state index contributed by atoms with van der Waals surface area (Å²) >= 11 is 0. The van der Waals surface area contributed by atoms with Crippen molar-refractivity contribution in [3.05, 3.63) is 66.2 Å². The van der Waals surface area contributed by atoms with Gasteiger partial charge in [-0.15, -0.1) is 0 Å². The van der Waals surface area contributed by atoms with E-state index in [9.17, 15) is 23.5 Å². The lowest BCUT2D eigenvalue weighted by Gasteiger charge is -2.13. The average Bonchev–Trinajstić information content (AvgIpc) is 2.65. The van der Waals surface area contributed by atoms with E-state index in [0.717, 1.165) is 0 Å². The van der Waals surface area contributed by atoms with Gasteiger partial charge in [0.15, 0.2) is 0 Å². The molecule has 0 aliphatic rings. The number of hydrogen-bond acceptors (Lipinski definition) is 3. The van der Waals surface area contributed by atoms with Crippen molar-refractivity contribution in [2.45, 2.75) is 13.8 Å². The van der Waals surface area contributed by atoms with Crippen molar-refractivity contribution < 1.29 is 23.5 Å². The highest BCUT2D eigenvalue weighted by atomic mass is 19.1. The molecule has 0 unspecified atom stereocenters. The number of halogens is 2. The number of phenolic OH excluding ortho intramolecular Hbond substituents is 1.